The molecule has 6 nitrogen and oxygen atoms in total. The highest BCUT2D eigenvalue weighted by atomic mass is 127. The van der Waals surface area contributed by atoms with Gasteiger partial charge in [0.1, 0.15) is 0 Å². The quantitative estimate of drug-likeness (QED) is 0.369. The van der Waals surface area contributed by atoms with Gasteiger partial charge in [-0.05, 0) is 51.8 Å². The second kappa shape index (κ2) is 11.4. The highest BCUT2D eigenvalue weighted by Crippen LogP contribution is 2.29. The van der Waals surface area contributed by atoms with Gasteiger partial charge < -0.3 is 15.1 Å². The van der Waals surface area contributed by atoms with Crippen LogP contribution in [0.3, 0.4) is 0 Å². The summed E-state index contributed by atoms with van der Waals surface area (Å²) in [6.45, 7) is 6.08. The third-order valence-electron chi connectivity index (χ3n) is 6.30. The van der Waals surface area contributed by atoms with Crippen molar-refractivity contribution in [3.8, 4) is 0 Å². The summed E-state index contributed by atoms with van der Waals surface area (Å²) in [5.74, 6) is 2.44. The lowest BCUT2D eigenvalue weighted by Crippen LogP contribution is -2.43. The number of rotatable bonds is 6. The maximum Gasteiger partial charge on any atom is 0.193 e. The van der Waals surface area contributed by atoms with Crippen LogP contribution in [0, 0.1) is 5.92 Å². The van der Waals surface area contributed by atoms with Crippen molar-refractivity contribution in [2.45, 2.75) is 57.4 Å². The molecule has 28 heavy (non-hydrogen) atoms. The maximum absolute atomic E-state index is 5.09. The van der Waals surface area contributed by atoms with E-state index in [1.807, 2.05) is 17.9 Å². The molecule has 1 saturated heterocycles. The van der Waals surface area contributed by atoms with Gasteiger partial charge in [0.15, 0.2) is 5.96 Å². The molecule has 3 rings (SSSR count). The van der Waals surface area contributed by atoms with Crippen LogP contribution < -0.4 is 5.32 Å². The van der Waals surface area contributed by atoms with E-state index in [0.717, 1.165) is 38.1 Å². The van der Waals surface area contributed by atoms with Crippen molar-refractivity contribution in [1.29, 1.82) is 0 Å². The molecule has 0 spiro atoms. The van der Waals surface area contributed by atoms with Crippen molar-refractivity contribution in [2.75, 3.05) is 40.3 Å². The second-order valence-electron chi connectivity index (χ2n) is 8.50. The molecule has 2 atom stereocenters. The summed E-state index contributed by atoms with van der Waals surface area (Å²) in [7, 11) is 6.43. The molecule has 2 unspecified atom stereocenters. The molecule has 160 valence electrons. The van der Waals surface area contributed by atoms with Gasteiger partial charge in [-0.2, -0.15) is 5.10 Å². The van der Waals surface area contributed by atoms with Gasteiger partial charge in [0, 0.05) is 44.8 Å². The van der Waals surface area contributed by atoms with Crippen LogP contribution in [0.1, 0.15) is 56.9 Å². The molecule has 0 amide bonds. The van der Waals surface area contributed by atoms with Crippen molar-refractivity contribution < 1.29 is 0 Å². The predicted octanol–water partition coefficient (Wildman–Crippen LogP) is 3.30. The predicted molar refractivity (Wildman–Crippen MR) is 128 cm³/mol. The summed E-state index contributed by atoms with van der Waals surface area (Å²) in [6, 6.07) is 0.552. The molecule has 2 heterocycles. The van der Waals surface area contributed by atoms with Crippen LogP contribution in [0.25, 0.3) is 0 Å². The van der Waals surface area contributed by atoms with Crippen LogP contribution in [0.5, 0.6) is 0 Å². The molecular formula is C21H39IN6. The van der Waals surface area contributed by atoms with Gasteiger partial charge in [0.25, 0.3) is 0 Å². The van der Waals surface area contributed by atoms with Crippen molar-refractivity contribution in [2.24, 2.45) is 18.0 Å². The third kappa shape index (κ3) is 6.08. The summed E-state index contributed by atoms with van der Waals surface area (Å²) in [5.41, 5.74) is 1.35. The molecule has 1 N–H and O–H groups in total. The van der Waals surface area contributed by atoms with E-state index in [-0.39, 0.29) is 24.0 Å². The number of aryl methyl sites for hydroxylation is 1. The Bertz CT molecular complexity index is 608. The Labute approximate surface area is 188 Å². The zero-order valence-electron chi connectivity index (χ0n) is 18.1. The van der Waals surface area contributed by atoms with Gasteiger partial charge in [-0.3, -0.25) is 9.67 Å². The molecule has 2 fully saturated rings. The number of hydrogen-bond acceptors (Lipinski definition) is 3. The van der Waals surface area contributed by atoms with Crippen molar-refractivity contribution in [1.82, 2.24) is 24.9 Å². The Kier molecular flexibility index (Phi) is 9.53. The van der Waals surface area contributed by atoms with Gasteiger partial charge in [-0.1, -0.05) is 19.3 Å². The minimum Gasteiger partial charge on any atom is -0.357 e. The van der Waals surface area contributed by atoms with Crippen LogP contribution in [-0.4, -0.2) is 71.9 Å². The van der Waals surface area contributed by atoms with Crippen molar-refractivity contribution >= 4 is 29.9 Å². The topological polar surface area (TPSA) is 48.7 Å². The van der Waals surface area contributed by atoms with Crippen LogP contribution in [0.2, 0.25) is 0 Å². The fraction of sp³-hybridized carbons (Fsp3) is 0.810. The Hall–Kier alpha value is -0.830. The van der Waals surface area contributed by atoms with Gasteiger partial charge >= 0.3 is 0 Å². The van der Waals surface area contributed by atoms with Gasteiger partial charge in [0.2, 0.25) is 0 Å². The SMILES string of the molecule is CCNC(=NCC(C1CCCCC1)N(C)C)N1CCC(c2cnn(C)c2)C1.I. The first-order chi connectivity index (χ1) is 13.1. The molecule has 7 heteroatoms. The molecule has 1 aliphatic heterocycles. The number of nitrogens with zero attached hydrogens (tertiary/aromatic N) is 5. The van der Waals surface area contributed by atoms with E-state index < -0.39 is 0 Å². The Morgan fingerprint density at radius 1 is 1.29 bits per heavy atom. The zero-order valence-corrected chi connectivity index (χ0v) is 20.4. The Morgan fingerprint density at radius 3 is 2.64 bits per heavy atom. The number of likely N-dealkylation sites (tertiary alicyclic amines) is 1. The lowest BCUT2D eigenvalue weighted by Gasteiger charge is -2.34. The van der Waals surface area contributed by atoms with E-state index >= 15 is 0 Å². The van der Waals surface area contributed by atoms with Gasteiger partial charge in [-0.25, -0.2) is 0 Å². The van der Waals surface area contributed by atoms with Gasteiger partial charge in [-0.15, -0.1) is 24.0 Å². The van der Waals surface area contributed by atoms with E-state index in [1.165, 1.54) is 44.1 Å². The highest BCUT2D eigenvalue weighted by molar-refractivity contribution is 14.0. The van der Waals surface area contributed by atoms with Crippen LogP contribution in [-0.2, 0) is 7.05 Å². The van der Waals surface area contributed by atoms with E-state index in [0.29, 0.717) is 12.0 Å². The molecule has 1 saturated carbocycles. The first-order valence-electron chi connectivity index (χ1n) is 10.8. The largest absolute Gasteiger partial charge is 0.357 e. The Morgan fingerprint density at radius 2 is 2.04 bits per heavy atom. The number of guanidine groups is 1. The summed E-state index contributed by atoms with van der Waals surface area (Å²) in [6.07, 6.45) is 12.3. The van der Waals surface area contributed by atoms with E-state index in [1.54, 1.807) is 0 Å². The first kappa shape index (κ1) is 23.4. The molecule has 2 aliphatic rings. The maximum atomic E-state index is 5.09. The summed E-state index contributed by atoms with van der Waals surface area (Å²) < 4.78 is 1.91. The highest BCUT2D eigenvalue weighted by Gasteiger charge is 2.28. The normalized spacial score (nSPS) is 22.4. The second-order valence-corrected chi connectivity index (χ2v) is 8.50. The summed E-state index contributed by atoms with van der Waals surface area (Å²) >= 11 is 0. The number of hydrogen-bond donors (Lipinski definition) is 1. The zero-order chi connectivity index (χ0) is 19.2. The molecule has 1 aromatic rings. The molecule has 0 bridgehead atoms. The average Bonchev–Trinajstić information content (AvgIpc) is 3.30. The number of aliphatic imine (C=N–C) groups is 1. The van der Waals surface area contributed by atoms with Crippen LogP contribution in [0.4, 0.5) is 0 Å². The number of halogens is 1. The van der Waals surface area contributed by atoms with E-state index in [2.05, 4.69) is 47.4 Å². The van der Waals surface area contributed by atoms with Crippen LogP contribution in [0.15, 0.2) is 17.4 Å². The number of aromatic nitrogens is 2. The standard InChI is InChI=1S/C21H38N6.HI/c1-5-22-21(23-14-20(25(2)3)17-9-7-6-8-10-17)27-12-11-18(16-27)19-13-24-26(4)15-19;/h13,15,17-18,20H,5-12,14,16H2,1-4H3,(H,22,23);1H. The van der Waals surface area contributed by atoms with Crippen molar-refractivity contribution in [3.63, 3.8) is 0 Å². The van der Waals surface area contributed by atoms with Gasteiger partial charge in [0.05, 0.1) is 12.7 Å². The molecule has 0 aromatic carbocycles. The van der Waals surface area contributed by atoms with Crippen LogP contribution >= 0.6 is 24.0 Å². The van der Waals surface area contributed by atoms with E-state index in [4.69, 9.17) is 4.99 Å². The monoisotopic (exact) mass is 502 g/mol. The van der Waals surface area contributed by atoms with E-state index in [9.17, 15) is 0 Å². The smallest absolute Gasteiger partial charge is 0.193 e. The number of nitrogens with one attached hydrogen (secondary N) is 1. The lowest BCUT2D eigenvalue weighted by molar-refractivity contribution is 0.175. The fourth-order valence-electron chi connectivity index (χ4n) is 4.73. The Balaban J connectivity index is 0.00000280. The molecule has 1 aliphatic carbocycles. The molecule has 1 aromatic heterocycles. The van der Waals surface area contributed by atoms with Crippen molar-refractivity contribution in [3.05, 3.63) is 18.0 Å². The number of likely N-dealkylation sites (N-methyl/N-ethyl adjacent to an activating group) is 1. The third-order valence-corrected chi connectivity index (χ3v) is 6.30. The lowest BCUT2D eigenvalue weighted by atomic mass is 9.83. The minimum absolute atomic E-state index is 0. The first-order valence-corrected chi connectivity index (χ1v) is 10.8. The molecule has 0 radical (unpaired) electrons. The average molecular weight is 502 g/mol. The molecular weight excluding hydrogens is 463 g/mol. The summed E-state index contributed by atoms with van der Waals surface area (Å²) in [4.78, 5) is 9.93. The summed E-state index contributed by atoms with van der Waals surface area (Å²) in [5, 5.41) is 7.88. The fourth-order valence-corrected chi connectivity index (χ4v) is 4.73. The minimum atomic E-state index is 0.